The van der Waals surface area contributed by atoms with Crippen LogP contribution in [-0.4, -0.2) is 38.0 Å². The molecule has 22 heavy (non-hydrogen) atoms. The molecule has 0 spiro atoms. The van der Waals surface area contributed by atoms with Crippen LogP contribution >= 0.6 is 0 Å². The Balaban J connectivity index is 1.79. The van der Waals surface area contributed by atoms with Gasteiger partial charge in [-0.25, -0.2) is 9.97 Å². The van der Waals surface area contributed by atoms with Crippen molar-refractivity contribution in [3.63, 3.8) is 0 Å². The molecule has 1 aromatic carbocycles. The zero-order chi connectivity index (χ0) is 15.4. The second-order valence-corrected chi connectivity index (χ2v) is 5.23. The Morgan fingerprint density at radius 3 is 2.82 bits per heavy atom. The van der Waals surface area contributed by atoms with Gasteiger partial charge in [-0.15, -0.1) is 0 Å². The fourth-order valence-electron chi connectivity index (χ4n) is 2.59. The zero-order valence-electron chi connectivity index (χ0n) is 12.5. The molecule has 0 aliphatic carbocycles. The summed E-state index contributed by atoms with van der Waals surface area (Å²) in [6, 6.07) is 10.2. The number of aliphatic hydroxyl groups excluding tert-OH is 1. The first-order valence-electron chi connectivity index (χ1n) is 7.32. The first-order chi connectivity index (χ1) is 10.8. The normalized spacial score (nSPS) is 12.5. The Morgan fingerprint density at radius 2 is 2.05 bits per heavy atom. The van der Waals surface area contributed by atoms with E-state index < -0.39 is 0 Å². The number of rotatable bonds is 6. The van der Waals surface area contributed by atoms with Crippen LogP contribution in [0, 0.1) is 0 Å². The summed E-state index contributed by atoms with van der Waals surface area (Å²) < 4.78 is 1.73. The molecule has 0 saturated heterocycles. The minimum absolute atomic E-state index is 0.160. The minimum Gasteiger partial charge on any atom is -0.396 e. The SMILES string of the molecule is Cn1ncc2c(NCC(CCO)c3ccccc3)ncnc21. The highest BCUT2D eigenvalue weighted by Crippen LogP contribution is 2.22. The Labute approximate surface area is 128 Å². The molecule has 1 atom stereocenters. The Bertz CT molecular complexity index is 741. The summed E-state index contributed by atoms with van der Waals surface area (Å²) in [6.07, 6.45) is 4.01. The molecule has 0 radical (unpaired) electrons. The van der Waals surface area contributed by atoms with Crippen molar-refractivity contribution in [3.8, 4) is 0 Å². The van der Waals surface area contributed by atoms with Crippen molar-refractivity contribution in [1.82, 2.24) is 19.7 Å². The highest BCUT2D eigenvalue weighted by Gasteiger charge is 2.13. The number of hydrogen-bond donors (Lipinski definition) is 2. The van der Waals surface area contributed by atoms with Gasteiger partial charge < -0.3 is 10.4 Å². The van der Waals surface area contributed by atoms with Gasteiger partial charge in [0.25, 0.3) is 0 Å². The van der Waals surface area contributed by atoms with Crippen molar-refractivity contribution in [2.45, 2.75) is 12.3 Å². The van der Waals surface area contributed by atoms with Gasteiger partial charge in [-0.3, -0.25) is 4.68 Å². The van der Waals surface area contributed by atoms with Crippen LogP contribution in [0.1, 0.15) is 17.9 Å². The van der Waals surface area contributed by atoms with Crippen LogP contribution in [-0.2, 0) is 7.05 Å². The Kier molecular flexibility index (Phi) is 4.29. The first-order valence-corrected chi connectivity index (χ1v) is 7.32. The van der Waals surface area contributed by atoms with E-state index >= 15 is 0 Å². The monoisotopic (exact) mass is 297 g/mol. The van der Waals surface area contributed by atoms with Gasteiger partial charge >= 0.3 is 0 Å². The third-order valence-corrected chi connectivity index (χ3v) is 3.79. The number of aromatic nitrogens is 4. The van der Waals surface area contributed by atoms with Gasteiger partial charge in [0.2, 0.25) is 0 Å². The summed E-state index contributed by atoms with van der Waals surface area (Å²) in [5.41, 5.74) is 2.01. The molecular formula is C16H19N5O. The summed E-state index contributed by atoms with van der Waals surface area (Å²) in [5.74, 6) is 1.00. The summed E-state index contributed by atoms with van der Waals surface area (Å²) in [4.78, 5) is 8.54. The number of anilines is 1. The summed E-state index contributed by atoms with van der Waals surface area (Å²) >= 11 is 0. The number of nitrogens with zero attached hydrogens (tertiary/aromatic N) is 4. The molecule has 3 aromatic rings. The van der Waals surface area contributed by atoms with E-state index in [2.05, 4.69) is 32.5 Å². The van der Waals surface area contributed by atoms with E-state index in [1.165, 1.54) is 11.9 Å². The standard InChI is InChI=1S/C16H19N5O/c1-21-16-14(10-20-21)15(18-11-19-16)17-9-13(7-8-22)12-5-3-2-4-6-12/h2-6,10-11,13,22H,7-9H2,1H3,(H,17,18,19). The van der Waals surface area contributed by atoms with E-state index in [9.17, 15) is 5.11 Å². The minimum atomic E-state index is 0.160. The van der Waals surface area contributed by atoms with Crippen LogP contribution in [0.4, 0.5) is 5.82 Å². The van der Waals surface area contributed by atoms with Crippen LogP contribution in [0.5, 0.6) is 0 Å². The number of fused-ring (bicyclic) bond motifs is 1. The molecule has 0 amide bonds. The van der Waals surface area contributed by atoms with E-state index in [-0.39, 0.29) is 12.5 Å². The number of aliphatic hydroxyl groups is 1. The lowest BCUT2D eigenvalue weighted by atomic mass is 9.96. The van der Waals surface area contributed by atoms with Crippen molar-refractivity contribution < 1.29 is 5.11 Å². The largest absolute Gasteiger partial charge is 0.396 e. The van der Waals surface area contributed by atoms with Crippen molar-refractivity contribution in [2.24, 2.45) is 7.05 Å². The molecule has 0 saturated carbocycles. The molecule has 0 aliphatic rings. The lowest BCUT2D eigenvalue weighted by molar-refractivity contribution is 0.277. The average Bonchev–Trinajstić information content (AvgIpc) is 2.94. The Hall–Kier alpha value is -2.47. The number of hydrogen-bond acceptors (Lipinski definition) is 5. The predicted molar refractivity (Wildman–Crippen MR) is 85.7 cm³/mol. The maximum Gasteiger partial charge on any atom is 0.163 e. The van der Waals surface area contributed by atoms with E-state index in [0.29, 0.717) is 13.0 Å². The van der Waals surface area contributed by atoms with Crippen molar-refractivity contribution >= 4 is 16.9 Å². The van der Waals surface area contributed by atoms with Gasteiger partial charge in [0, 0.05) is 26.1 Å². The molecular weight excluding hydrogens is 278 g/mol. The lowest BCUT2D eigenvalue weighted by Crippen LogP contribution is -2.15. The fourth-order valence-corrected chi connectivity index (χ4v) is 2.59. The average molecular weight is 297 g/mol. The highest BCUT2D eigenvalue weighted by molar-refractivity contribution is 5.85. The first kappa shape index (κ1) is 14.5. The van der Waals surface area contributed by atoms with Gasteiger partial charge in [-0.2, -0.15) is 5.10 Å². The van der Waals surface area contributed by atoms with Crippen LogP contribution in [0.2, 0.25) is 0 Å². The molecule has 3 rings (SSSR count). The quantitative estimate of drug-likeness (QED) is 0.727. The molecule has 0 fully saturated rings. The second kappa shape index (κ2) is 6.53. The summed E-state index contributed by atoms with van der Waals surface area (Å²) in [5, 5.41) is 17.8. The summed E-state index contributed by atoms with van der Waals surface area (Å²) in [6.45, 7) is 0.860. The molecule has 114 valence electrons. The van der Waals surface area contributed by atoms with Gasteiger partial charge in [-0.1, -0.05) is 30.3 Å². The van der Waals surface area contributed by atoms with Crippen LogP contribution in [0.15, 0.2) is 42.9 Å². The van der Waals surface area contributed by atoms with Gasteiger partial charge in [0.05, 0.1) is 11.6 Å². The molecule has 2 aromatic heterocycles. The van der Waals surface area contributed by atoms with E-state index in [4.69, 9.17) is 0 Å². The molecule has 0 aliphatic heterocycles. The van der Waals surface area contributed by atoms with Gasteiger partial charge in [-0.05, 0) is 12.0 Å². The number of nitrogens with one attached hydrogen (secondary N) is 1. The van der Waals surface area contributed by atoms with Gasteiger partial charge in [0.1, 0.15) is 12.1 Å². The third kappa shape index (κ3) is 2.92. The summed E-state index contributed by atoms with van der Waals surface area (Å²) in [7, 11) is 1.86. The van der Waals surface area contributed by atoms with Crippen molar-refractivity contribution in [3.05, 3.63) is 48.4 Å². The van der Waals surface area contributed by atoms with Crippen LogP contribution in [0.25, 0.3) is 11.0 Å². The van der Waals surface area contributed by atoms with E-state index in [1.54, 1.807) is 10.9 Å². The van der Waals surface area contributed by atoms with Crippen LogP contribution in [0.3, 0.4) is 0 Å². The molecule has 2 N–H and O–H groups in total. The lowest BCUT2D eigenvalue weighted by Gasteiger charge is -2.17. The third-order valence-electron chi connectivity index (χ3n) is 3.79. The smallest absolute Gasteiger partial charge is 0.163 e. The van der Waals surface area contributed by atoms with Gasteiger partial charge in [0.15, 0.2) is 5.65 Å². The molecule has 6 heteroatoms. The van der Waals surface area contributed by atoms with Crippen molar-refractivity contribution in [1.29, 1.82) is 0 Å². The highest BCUT2D eigenvalue weighted by atomic mass is 16.3. The number of aryl methyl sites for hydroxylation is 1. The van der Waals surface area contributed by atoms with E-state index in [0.717, 1.165) is 16.9 Å². The second-order valence-electron chi connectivity index (χ2n) is 5.23. The topological polar surface area (TPSA) is 75.9 Å². The maximum atomic E-state index is 9.30. The Morgan fingerprint density at radius 1 is 1.23 bits per heavy atom. The zero-order valence-corrected chi connectivity index (χ0v) is 12.5. The molecule has 6 nitrogen and oxygen atoms in total. The predicted octanol–water partition coefficient (Wildman–Crippen LogP) is 1.94. The number of benzene rings is 1. The fraction of sp³-hybridized carbons (Fsp3) is 0.312. The van der Waals surface area contributed by atoms with Crippen LogP contribution < -0.4 is 5.32 Å². The molecule has 0 bridgehead atoms. The maximum absolute atomic E-state index is 9.30. The molecule has 1 unspecified atom stereocenters. The molecule has 2 heterocycles. The van der Waals surface area contributed by atoms with E-state index in [1.807, 2.05) is 25.2 Å². The van der Waals surface area contributed by atoms with Crippen molar-refractivity contribution in [2.75, 3.05) is 18.5 Å².